The number of esters is 1. The van der Waals surface area contributed by atoms with Gasteiger partial charge in [0.15, 0.2) is 0 Å². The van der Waals surface area contributed by atoms with Gasteiger partial charge in [0, 0.05) is 6.42 Å². The molecule has 1 aromatic rings. The second-order valence-electron chi connectivity index (χ2n) is 4.33. The monoisotopic (exact) mass is 291 g/mol. The van der Waals surface area contributed by atoms with Gasteiger partial charge in [0.2, 0.25) is 0 Å². The Bertz CT molecular complexity index is 496. The van der Waals surface area contributed by atoms with Crippen molar-refractivity contribution in [1.29, 1.82) is 5.26 Å². The van der Waals surface area contributed by atoms with Crippen LogP contribution in [0.2, 0.25) is 0 Å². The number of alkyl carbamates (subject to hydrolysis) is 1. The Hall–Kier alpha value is -2.55. The number of benzene rings is 1. The molecule has 1 aromatic carbocycles. The first-order chi connectivity index (χ1) is 10.2. The number of rotatable bonds is 7. The van der Waals surface area contributed by atoms with Crippen LogP contribution in [0.5, 0.6) is 0 Å². The molecule has 0 spiro atoms. The summed E-state index contributed by atoms with van der Waals surface area (Å²) in [5.41, 5.74) is 0.853. The van der Waals surface area contributed by atoms with Crippen LogP contribution in [0, 0.1) is 11.3 Å². The van der Waals surface area contributed by atoms with E-state index in [4.69, 9.17) is 10.00 Å². The Morgan fingerprint density at radius 2 is 2.05 bits per heavy atom. The van der Waals surface area contributed by atoms with Gasteiger partial charge in [-0.3, -0.25) is 0 Å². The van der Waals surface area contributed by atoms with E-state index < -0.39 is 18.1 Å². The van der Waals surface area contributed by atoms with E-state index in [0.29, 0.717) is 19.3 Å². The van der Waals surface area contributed by atoms with Crippen molar-refractivity contribution in [1.82, 2.24) is 5.32 Å². The van der Waals surface area contributed by atoms with Crippen molar-refractivity contribution >= 4 is 12.1 Å². The maximum Gasteiger partial charge on any atom is 0.408 e. The molecular formula is C15H18N2O4. The predicted octanol–water partition coefficient (Wildman–Crippen LogP) is 2.15. The number of carbonyl (C=O) groups excluding carboxylic acids is 2. The fourth-order valence-corrected chi connectivity index (χ4v) is 1.68. The molecule has 1 atom stereocenters. The molecule has 1 amide bonds. The third kappa shape index (κ3) is 6.43. The number of methoxy groups -OCH3 is 1. The predicted molar refractivity (Wildman–Crippen MR) is 75.0 cm³/mol. The molecule has 0 radical (unpaired) electrons. The van der Waals surface area contributed by atoms with Crippen molar-refractivity contribution in [2.75, 3.05) is 7.11 Å². The molecule has 0 saturated heterocycles. The minimum absolute atomic E-state index is 0.124. The van der Waals surface area contributed by atoms with E-state index in [0.717, 1.165) is 5.56 Å². The molecule has 0 fully saturated rings. The number of hydrogen-bond donors (Lipinski definition) is 1. The second-order valence-corrected chi connectivity index (χ2v) is 4.33. The molecule has 6 nitrogen and oxygen atoms in total. The molecule has 112 valence electrons. The van der Waals surface area contributed by atoms with Crippen LogP contribution in [0.25, 0.3) is 0 Å². The Labute approximate surface area is 123 Å². The molecule has 21 heavy (non-hydrogen) atoms. The van der Waals surface area contributed by atoms with Gasteiger partial charge in [-0.1, -0.05) is 30.3 Å². The van der Waals surface area contributed by atoms with Gasteiger partial charge in [-0.15, -0.1) is 0 Å². The van der Waals surface area contributed by atoms with Crippen LogP contribution in [-0.4, -0.2) is 25.2 Å². The summed E-state index contributed by atoms with van der Waals surface area (Å²) in [6.07, 6.45) is 0.454. The molecule has 6 heteroatoms. The van der Waals surface area contributed by atoms with Gasteiger partial charge >= 0.3 is 12.1 Å². The van der Waals surface area contributed by atoms with Crippen LogP contribution in [0.3, 0.4) is 0 Å². The first-order valence-electron chi connectivity index (χ1n) is 6.59. The summed E-state index contributed by atoms with van der Waals surface area (Å²) in [7, 11) is 1.25. The number of nitrogens with one attached hydrogen (secondary N) is 1. The van der Waals surface area contributed by atoms with Gasteiger partial charge in [-0.05, 0) is 18.4 Å². The van der Waals surface area contributed by atoms with Gasteiger partial charge in [0.05, 0.1) is 13.2 Å². The molecule has 0 heterocycles. The summed E-state index contributed by atoms with van der Waals surface area (Å²) in [6, 6.07) is 10.4. The molecule has 0 unspecified atom stereocenters. The van der Waals surface area contributed by atoms with Crippen molar-refractivity contribution in [3.05, 3.63) is 35.9 Å². The van der Waals surface area contributed by atoms with Crippen LogP contribution in [-0.2, 0) is 20.9 Å². The van der Waals surface area contributed by atoms with Crippen LogP contribution in [0.1, 0.15) is 24.8 Å². The zero-order valence-electron chi connectivity index (χ0n) is 11.9. The Balaban J connectivity index is 2.44. The highest BCUT2D eigenvalue weighted by molar-refractivity contribution is 5.81. The molecule has 1 rings (SSSR count). The highest BCUT2D eigenvalue weighted by Gasteiger charge is 2.21. The van der Waals surface area contributed by atoms with Crippen LogP contribution in [0.4, 0.5) is 4.79 Å². The van der Waals surface area contributed by atoms with Crippen LogP contribution in [0.15, 0.2) is 30.3 Å². The van der Waals surface area contributed by atoms with Gasteiger partial charge in [0.1, 0.15) is 12.6 Å². The number of nitriles is 1. The maximum absolute atomic E-state index is 11.7. The number of unbranched alkanes of at least 4 members (excludes halogenated alkanes) is 1. The van der Waals surface area contributed by atoms with Crippen molar-refractivity contribution < 1.29 is 19.1 Å². The van der Waals surface area contributed by atoms with Gasteiger partial charge in [-0.2, -0.15) is 5.26 Å². The minimum atomic E-state index is -0.799. The van der Waals surface area contributed by atoms with Gasteiger partial charge < -0.3 is 14.8 Å². The maximum atomic E-state index is 11.7. The molecule has 1 N–H and O–H groups in total. The highest BCUT2D eigenvalue weighted by atomic mass is 16.6. The van der Waals surface area contributed by atoms with E-state index in [1.54, 1.807) is 0 Å². The fraction of sp³-hybridized carbons (Fsp3) is 0.400. The van der Waals surface area contributed by atoms with E-state index in [-0.39, 0.29) is 6.61 Å². The zero-order chi connectivity index (χ0) is 15.5. The van der Waals surface area contributed by atoms with E-state index in [1.165, 1.54) is 7.11 Å². The normalized spacial score (nSPS) is 11.0. The summed E-state index contributed by atoms with van der Waals surface area (Å²) in [6.45, 7) is 0.124. The minimum Gasteiger partial charge on any atom is -0.467 e. The third-order valence-corrected chi connectivity index (χ3v) is 2.77. The van der Waals surface area contributed by atoms with Crippen molar-refractivity contribution in [2.45, 2.75) is 31.9 Å². The SMILES string of the molecule is COC(=O)[C@H](CCC[13C]#N)NC(=O)OCc1ccccc1. The number of ether oxygens (including phenoxy) is 2. The number of carbonyl (C=O) groups is 2. The van der Waals surface area contributed by atoms with Gasteiger partial charge in [-0.25, -0.2) is 9.59 Å². The summed E-state index contributed by atoms with van der Waals surface area (Å²) < 4.78 is 9.65. The van der Waals surface area contributed by atoms with Crippen LogP contribution >= 0.6 is 0 Å². The lowest BCUT2D eigenvalue weighted by Gasteiger charge is -2.15. The largest absolute Gasteiger partial charge is 0.467 e. The van der Waals surface area contributed by atoms with E-state index >= 15 is 0 Å². The highest BCUT2D eigenvalue weighted by Crippen LogP contribution is 2.04. The lowest BCUT2D eigenvalue weighted by Crippen LogP contribution is -2.41. The number of hydrogen-bond acceptors (Lipinski definition) is 5. The number of nitrogens with zero attached hydrogens (tertiary/aromatic N) is 1. The van der Waals surface area contributed by atoms with Crippen molar-refractivity contribution in [3.63, 3.8) is 0 Å². The van der Waals surface area contributed by atoms with Crippen LogP contribution < -0.4 is 5.32 Å². The molecule has 0 saturated carbocycles. The van der Waals surface area contributed by atoms with E-state index in [2.05, 4.69) is 10.1 Å². The summed E-state index contributed by atoms with van der Waals surface area (Å²) >= 11 is 0. The number of amides is 1. The molecular weight excluding hydrogens is 273 g/mol. The average Bonchev–Trinajstić information content (AvgIpc) is 2.52. The smallest absolute Gasteiger partial charge is 0.408 e. The summed E-state index contributed by atoms with van der Waals surface area (Å²) in [5, 5.41) is 10.9. The molecule has 0 bridgehead atoms. The Morgan fingerprint density at radius 1 is 1.33 bits per heavy atom. The molecule has 0 aliphatic rings. The Kier molecular flexibility index (Phi) is 7.36. The lowest BCUT2D eigenvalue weighted by atomic mass is 10.1. The van der Waals surface area contributed by atoms with E-state index in [9.17, 15) is 9.59 Å². The zero-order valence-corrected chi connectivity index (χ0v) is 11.9. The standard InChI is InChI=1S/C15H18N2O4/c1-20-14(18)13(9-5-6-10-16)17-15(19)21-11-12-7-3-2-4-8-12/h2-4,7-8,13H,5-6,9,11H2,1H3,(H,17,19)/t13-/m0/s1/i10+1. The average molecular weight is 291 g/mol. The molecule has 0 aromatic heterocycles. The fourth-order valence-electron chi connectivity index (χ4n) is 1.68. The van der Waals surface area contributed by atoms with Crippen molar-refractivity contribution in [3.8, 4) is 6.07 Å². The first kappa shape index (κ1) is 16.5. The topological polar surface area (TPSA) is 88.4 Å². The molecule has 0 aliphatic carbocycles. The lowest BCUT2D eigenvalue weighted by molar-refractivity contribution is -0.143. The third-order valence-electron chi connectivity index (χ3n) is 2.77. The van der Waals surface area contributed by atoms with Crippen molar-refractivity contribution in [2.24, 2.45) is 0 Å². The Morgan fingerprint density at radius 3 is 2.67 bits per heavy atom. The quantitative estimate of drug-likeness (QED) is 0.472. The molecule has 0 aliphatic heterocycles. The summed E-state index contributed by atoms with van der Waals surface area (Å²) in [4.78, 5) is 23.2. The summed E-state index contributed by atoms with van der Waals surface area (Å²) in [5.74, 6) is -0.551. The first-order valence-corrected chi connectivity index (χ1v) is 6.59. The van der Waals surface area contributed by atoms with Gasteiger partial charge in [0.25, 0.3) is 0 Å². The second kappa shape index (κ2) is 9.37. The van der Waals surface area contributed by atoms with E-state index in [1.807, 2.05) is 36.4 Å².